The van der Waals surface area contributed by atoms with Crippen molar-refractivity contribution in [1.82, 2.24) is 0 Å². The number of hydrogen-bond donors (Lipinski definition) is 0. The molecule has 0 spiro atoms. The molecule has 0 aliphatic carbocycles. The van der Waals surface area contributed by atoms with Crippen LogP contribution in [-0.2, 0) is 24.5 Å². The van der Waals surface area contributed by atoms with Crippen molar-refractivity contribution in [3.05, 3.63) is 29.8 Å². The van der Waals surface area contributed by atoms with Crippen LogP contribution >= 0.6 is 0 Å². The van der Waals surface area contributed by atoms with E-state index in [0.717, 1.165) is 30.6 Å². The van der Waals surface area contributed by atoms with E-state index in [0.29, 0.717) is 0 Å². The van der Waals surface area contributed by atoms with Crippen molar-refractivity contribution < 1.29 is 19.1 Å². The molecule has 0 bridgehead atoms. The van der Waals surface area contributed by atoms with E-state index >= 15 is 0 Å². The first kappa shape index (κ1) is 14.9. The Hall–Kier alpha value is -2.04. The summed E-state index contributed by atoms with van der Waals surface area (Å²) >= 11 is 0. The minimum Gasteiger partial charge on any atom is -0.465 e. The van der Waals surface area contributed by atoms with E-state index < -0.39 is 17.4 Å². The van der Waals surface area contributed by atoms with Gasteiger partial charge in [0, 0.05) is 17.8 Å². The maximum Gasteiger partial charge on any atom is 0.330 e. The summed E-state index contributed by atoms with van der Waals surface area (Å²) in [5.74, 6) is -0.981. The molecular formula is C17H21NO4. The van der Waals surface area contributed by atoms with Crippen LogP contribution in [0.1, 0.15) is 32.3 Å². The smallest absolute Gasteiger partial charge is 0.330 e. The molecule has 5 nitrogen and oxygen atoms in total. The molecule has 1 atom stereocenters. The van der Waals surface area contributed by atoms with Crippen molar-refractivity contribution in [2.75, 3.05) is 24.7 Å². The second-order valence-electron chi connectivity index (χ2n) is 5.62. The number of carbonyl (C=O) groups excluding carboxylic acids is 2. The molecule has 22 heavy (non-hydrogen) atoms. The zero-order valence-electron chi connectivity index (χ0n) is 13.0. The van der Waals surface area contributed by atoms with Crippen molar-refractivity contribution in [2.45, 2.75) is 38.1 Å². The van der Waals surface area contributed by atoms with Crippen LogP contribution in [-0.4, -0.2) is 37.7 Å². The fourth-order valence-electron chi connectivity index (χ4n) is 3.81. The summed E-state index contributed by atoms with van der Waals surface area (Å²) in [6.45, 7) is 4.85. The van der Waals surface area contributed by atoms with Crippen LogP contribution in [0.3, 0.4) is 0 Å². The summed E-state index contributed by atoms with van der Waals surface area (Å²) < 4.78 is 10.6. The number of benzene rings is 1. The SMILES string of the molecule is CCOC(=O)C1(C(=O)OCC)c2ccccc2N2CCC[C@@H]21. The van der Waals surface area contributed by atoms with Crippen LogP contribution in [0, 0.1) is 0 Å². The molecular weight excluding hydrogens is 282 g/mol. The van der Waals surface area contributed by atoms with Crippen LogP contribution in [0.2, 0.25) is 0 Å². The number of nitrogens with zero attached hydrogens (tertiary/aromatic N) is 1. The second-order valence-corrected chi connectivity index (χ2v) is 5.62. The molecule has 0 aromatic heterocycles. The maximum atomic E-state index is 12.8. The molecule has 1 fully saturated rings. The van der Waals surface area contributed by atoms with Crippen molar-refractivity contribution in [2.24, 2.45) is 0 Å². The highest BCUT2D eigenvalue weighted by atomic mass is 16.6. The van der Waals surface area contributed by atoms with E-state index in [2.05, 4.69) is 4.90 Å². The third-order valence-corrected chi connectivity index (χ3v) is 4.59. The summed E-state index contributed by atoms with van der Waals surface area (Å²) in [6.07, 6.45) is 1.74. The normalized spacial score (nSPS) is 21.2. The van der Waals surface area contributed by atoms with Gasteiger partial charge in [0.25, 0.3) is 0 Å². The van der Waals surface area contributed by atoms with E-state index in [1.807, 2.05) is 24.3 Å². The van der Waals surface area contributed by atoms with Gasteiger partial charge in [-0.2, -0.15) is 0 Å². The largest absolute Gasteiger partial charge is 0.465 e. The van der Waals surface area contributed by atoms with Gasteiger partial charge in [-0.25, -0.2) is 0 Å². The molecule has 1 aromatic carbocycles. The van der Waals surface area contributed by atoms with Crippen LogP contribution in [0.4, 0.5) is 5.69 Å². The zero-order chi connectivity index (χ0) is 15.7. The Morgan fingerprint density at radius 2 is 1.82 bits per heavy atom. The Balaban J connectivity index is 2.19. The molecule has 0 unspecified atom stereocenters. The molecule has 118 valence electrons. The number of hydrogen-bond acceptors (Lipinski definition) is 5. The van der Waals surface area contributed by atoms with Gasteiger partial charge in [-0.1, -0.05) is 18.2 Å². The summed E-state index contributed by atoms with van der Waals surface area (Å²) in [5.41, 5.74) is 0.321. The average Bonchev–Trinajstić information content (AvgIpc) is 3.07. The predicted molar refractivity (Wildman–Crippen MR) is 81.8 cm³/mol. The Morgan fingerprint density at radius 3 is 2.45 bits per heavy atom. The van der Waals surface area contributed by atoms with Crippen molar-refractivity contribution in [3.63, 3.8) is 0 Å². The first-order valence-electron chi connectivity index (χ1n) is 7.88. The molecule has 0 saturated carbocycles. The number of para-hydroxylation sites is 1. The fraction of sp³-hybridized carbons (Fsp3) is 0.529. The van der Waals surface area contributed by atoms with Crippen LogP contribution < -0.4 is 4.90 Å². The van der Waals surface area contributed by atoms with Gasteiger partial charge < -0.3 is 14.4 Å². The van der Waals surface area contributed by atoms with Gasteiger partial charge in [0.1, 0.15) is 0 Å². The monoisotopic (exact) mass is 303 g/mol. The van der Waals surface area contributed by atoms with E-state index in [-0.39, 0.29) is 19.3 Å². The minimum atomic E-state index is -1.35. The van der Waals surface area contributed by atoms with Gasteiger partial charge in [-0.15, -0.1) is 0 Å². The van der Waals surface area contributed by atoms with Gasteiger partial charge in [0.05, 0.1) is 19.3 Å². The topological polar surface area (TPSA) is 55.8 Å². The molecule has 5 heteroatoms. The van der Waals surface area contributed by atoms with E-state index in [9.17, 15) is 9.59 Å². The molecule has 2 aliphatic rings. The summed E-state index contributed by atoms with van der Waals surface area (Å²) in [7, 11) is 0. The van der Waals surface area contributed by atoms with Crippen molar-refractivity contribution in [3.8, 4) is 0 Å². The molecule has 0 N–H and O–H groups in total. The van der Waals surface area contributed by atoms with Gasteiger partial charge in [0.2, 0.25) is 5.41 Å². The lowest BCUT2D eigenvalue weighted by Gasteiger charge is -2.31. The number of anilines is 1. The number of rotatable bonds is 4. The Kier molecular flexibility index (Phi) is 3.81. The highest BCUT2D eigenvalue weighted by molar-refractivity contribution is 6.11. The maximum absolute atomic E-state index is 12.8. The highest BCUT2D eigenvalue weighted by Crippen LogP contribution is 2.51. The Bertz CT molecular complexity index is 580. The van der Waals surface area contributed by atoms with Gasteiger partial charge >= 0.3 is 11.9 Å². The summed E-state index contributed by atoms with van der Waals surface area (Å²) in [4.78, 5) is 27.8. The quantitative estimate of drug-likeness (QED) is 0.629. The molecule has 0 radical (unpaired) electrons. The fourth-order valence-corrected chi connectivity index (χ4v) is 3.81. The highest BCUT2D eigenvalue weighted by Gasteiger charge is 2.64. The molecule has 2 aliphatic heterocycles. The predicted octanol–water partition coefficient (Wildman–Crippen LogP) is 2.03. The number of carbonyl (C=O) groups is 2. The first-order chi connectivity index (χ1) is 10.7. The van der Waals surface area contributed by atoms with Gasteiger partial charge in [-0.3, -0.25) is 9.59 Å². The van der Waals surface area contributed by atoms with E-state index in [1.54, 1.807) is 13.8 Å². The van der Waals surface area contributed by atoms with Crippen LogP contribution in [0.5, 0.6) is 0 Å². The van der Waals surface area contributed by atoms with Gasteiger partial charge in [0.15, 0.2) is 0 Å². The van der Waals surface area contributed by atoms with Crippen LogP contribution in [0.25, 0.3) is 0 Å². The van der Waals surface area contributed by atoms with Crippen molar-refractivity contribution >= 4 is 17.6 Å². The van der Waals surface area contributed by atoms with E-state index in [4.69, 9.17) is 9.47 Å². The zero-order valence-corrected chi connectivity index (χ0v) is 13.0. The Labute approximate surface area is 130 Å². The van der Waals surface area contributed by atoms with Gasteiger partial charge in [-0.05, 0) is 32.8 Å². The third kappa shape index (κ3) is 1.84. The summed E-state index contributed by atoms with van der Waals surface area (Å²) in [6, 6.07) is 7.40. The van der Waals surface area contributed by atoms with Crippen molar-refractivity contribution in [1.29, 1.82) is 0 Å². The summed E-state index contributed by atoms with van der Waals surface area (Å²) in [5, 5.41) is 0. The number of ether oxygens (including phenoxy) is 2. The molecule has 0 amide bonds. The van der Waals surface area contributed by atoms with E-state index in [1.165, 1.54) is 0 Å². The average molecular weight is 303 g/mol. The second kappa shape index (κ2) is 5.63. The number of esters is 2. The molecule has 2 heterocycles. The lowest BCUT2D eigenvalue weighted by Crippen LogP contribution is -2.54. The van der Waals surface area contributed by atoms with Crippen LogP contribution in [0.15, 0.2) is 24.3 Å². The molecule has 3 rings (SSSR count). The minimum absolute atomic E-state index is 0.206. The lowest BCUT2D eigenvalue weighted by molar-refractivity contribution is -0.165. The lowest BCUT2D eigenvalue weighted by atomic mass is 9.75. The number of fused-ring (bicyclic) bond motifs is 3. The standard InChI is InChI=1S/C17H21NO4/c1-3-21-15(19)17(16(20)22-4-2)12-8-5-6-9-13(12)18-11-7-10-14(17)18/h5-6,8-9,14H,3-4,7,10-11H2,1-2H3/t14-/m1/s1. The molecule has 1 saturated heterocycles. The first-order valence-corrected chi connectivity index (χ1v) is 7.88. The molecule has 1 aromatic rings. The Morgan fingerprint density at radius 1 is 1.18 bits per heavy atom. The third-order valence-electron chi connectivity index (χ3n) is 4.59.